The molecule has 0 radical (unpaired) electrons. The van der Waals surface area contributed by atoms with Crippen LogP contribution in [0.4, 0.5) is 0 Å². The number of amides is 1. The van der Waals surface area contributed by atoms with Crippen molar-refractivity contribution in [3.8, 4) is 11.5 Å². The van der Waals surface area contributed by atoms with Gasteiger partial charge in [-0.3, -0.25) is 9.78 Å². The van der Waals surface area contributed by atoms with E-state index in [4.69, 9.17) is 0 Å². The van der Waals surface area contributed by atoms with Crippen molar-refractivity contribution in [2.24, 2.45) is 5.92 Å². The van der Waals surface area contributed by atoms with E-state index in [2.05, 4.69) is 15.0 Å². The second-order valence-corrected chi connectivity index (χ2v) is 9.13. The molecule has 2 aromatic rings. The first-order valence-corrected chi connectivity index (χ1v) is 10.8. The highest BCUT2D eigenvalue weighted by molar-refractivity contribution is 7.88. The number of fused-ring (bicyclic) bond motifs is 4. The molecule has 3 saturated heterocycles. The second-order valence-electron chi connectivity index (χ2n) is 7.15. The fourth-order valence-electron chi connectivity index (χ4n) is 3.79. The predicted octanol–water partition coefficient (Wildman–Crippen LogP) is 1.03. The van der Waals surface area contributed by atoms with Crippen molar-refractivity contribution >= 4 is 15.9 Å². The van der Waals surface area contributed by atoms with Gasteiger partial charge in [-0.15, -0.1) is 0 Å². The zero-order chi connectivity index (χ0) is 19.0. The highest BCUT2D eigenvalue weighted by atomic mass is 32.2. The third-order valence-corrected chi connectivity index (χ3v) is 6.44. The van der Waals surface area contributed by atoms with Crippen LogP contribution in [0.15, 0.2) is 36.8 Å². The normalized spacial score (nSPS) is 23.2. The number of aromatic nitrogens is 3. The Labute approximate surface area is 158 Å². The highest BCUT2D eigenvalue weighted by Crippen LogP contribution is 2.30. The van der Waals surface area contributed by atoms with Gasteiger partial charge in [0.05, 0.1) is 11.8 Å². The van der Waals surface area contributed by atoms with E-state index >= 15 is 0 Å². The summed E-state index contributed by atoms with van der Waals surface area (Å²) in [6, 6.07) is 5.37. The Kier molecular flexibility index (Phi) is 4.65. The lowest BCUT2D eigenvalue weighted by Crippen LogP contribution is -2.47. The van der Waals surface area contributed by atoms with Crippen LogP contribution in [0.25, 0.3) is 11.5 Å². The smallest absolute Gasteiger partial charge is 0.257 e. The summed E-state index contributed by atoms with van der Waals surface area (Å²) in [5.41, 5.74) is 1.06. The number of sulfonamides is 1. The van der Waals surface area contributed by atoms with Crippen LogP contribution in [0.5, 0.6) is 0 Å². The summed E-state index contributed by atoms with van der Waals surface area (Å²) in [5, 5.41) is 0. The molecule has 3 aliphatic rings. The molecule has 8 nitrogen and oxygen atoms in total. The SMILES string of the molecule is CS(=O)(=O)N1C[C@H]2CC[C@@H](C1)N(C(=O)c1cnc(-c3ccccn3)nc1)C2. The van der Waals surface area contributed by atoms with Gasteiger partial charge in [-0.25, -0.2) is 18.4 Å². The van der Waals surface area contributed by atoms with E-state index in [0.717, 1.165) is 12.8 Å². The number of hydrogen-bond acceptors (Lipinski definition) is 6. The molecule has 1 amide bonds. The molecule has 0 aromatic carbocycles. The lowest BCUT2D eigenvalue weighted by atomic mass is 9.94. The fraction of sp³-hybridized carbons (Fsp3) is 0.444. The van der Waals surface area contributed by atoms with Crippen LogP contribution in [0, 0.1) is 5.92 Å². The minimum Gasteiger partial charge on any atom is -0.334 e. The minimum atomic E-state index is -3.26. The van der Waals surface area contributed by atoms with Gasteiger partial charge < -0.3 is 4.90 Å². The van der Waals surface area contributed by atoms with Gasteiger partial charge >= 0.3 is 0 Å². The molecule has 9 heteroatoms. The maximum Gasteiger partial charge on any atom is 0.257 e. The summed E-state index contributed by atoms with van der Waals surface area (Å²) in [7, 11) is -3.26. The predicted molar refractivity (Wildman–Crippen MR) is 99.2 cm³/mol. The Morgan fingerprint density at radius 2 is 1.85 bits per heavy atom. The summed E-state index contributed by atoms with van der Waals surface area (Å²) in [6.07, 6.45) is 7.69. The van der Waals surface area contributed by atoms with Gasteiger partial charge in [0.25, 0.3) is 5.91 Å². The molecular formula is C18H21N5O3S. The topological polar surface area (TPSA) is 96.4 Å². The zero-order valence-electron chi connectivity index (χ0n) is 15.0. The lowest BCUT2D eigenvalue weighted by molar-refractivity contribution is 0.0588. The summed E-state index contributed by atoms with van der Waals surface area (Å²) >= 11 is 0. The number of carbonyl (C=O) groups excluding carboxylic acids is 1. The van der Waals surface area contributed by atoms with E-state index in [1.54, 1.807) is 11.1 Å². The molecule has 0 aliphatic carbocycles. The van der Waals surface area contributed by atoms with E-state index in [-0.39, 0.29) is 17.9 Å². The van der Waals surface area contributed by atoms with Crippen LogP contribution in [-0.2, 0) is 10.0 Å². The largest absolute Gasteiger partial charge is 0.334 e. The summed E-state index contributed by atoms with van der Waals surface area (Å²) < 4.78 is 25.4. The number of pyridine rings is 1. The maximum absolute atomic E-state index is 13.0. The number of piperidine rings is 1. The zero-order valence-corrected chi connectivity index (χ0v) is 15.8. The Balaban J connectivity index is 1.54. The molecule has 0 spiro atoms. The molecule has 0 saturated carbocycles. The first-order valence-electron chi connectivity index (χ1n) is 8.91. The number of nitrogens with zero attached hydrogens (tertiary/aromatic N) is 5. The average Bonchev–Trinajstić information content (AvgIpc) is 3.01. The standard InChI is InChI=1S/C18H21N5O3S/c1-27(25,26)22-10-13-5-6-15(12-22)23(11-13)18(24)14-8-20-17(21-9-14)16-4-2-3-7-19-16/h2-4,7-9,13,15H,5-6,10-12H2,1H3/t13-,15+/m1/s1. The summed E-state index contributed by atoms with van der Waals surface area (Å²) in [5.74, 6) is 0.483. The molecule has 3 aliphatic heterocycles. The van der Waals surface area contributed by atoms with Crippen LogP contribution >= 0.6 is 0 Å². The van der Waals surface area contributed by atoms with Gasteiger partial charge in [-0.05, 0) is 30.9 Å². The maximum atomic E-state index is 13.0. The van der Waals surface area contributed by atoms with E-state index in [1.165, 1.54) is 23.0 Å². The molecule has 2 atom stereocenters. The number of carbonyl (C=O) groups is 1. The van der Waals surface area contributed by atoms with Crippen molar-refractivity contribution < 1.29 is 13.2 Å². The van der Waals surface area contributed by atoms with Crippen molar-refractivity contribution in [1.82, 2.24) is 24.2 Å². The monoisotopic (exact) mass is 387 g/mol. The Morgan fingerprint density at radius 1 is 1.07 bits per heavy atom. The minimum absolute atomic E-state index is 0.110. The summed E-state index contributed by atoms with van der Waals surface area (Å²) in [4.78, 5) is 27.6. The van der Waals surface area contributed by atoms with E-state index in [1.807, 2.05) is 18.2 Å². The average molecular weight is 387 g/mol. The molecule has 27 heavy (non-hydrogen) atoms. The highest BCUT2D eigenvalue weighted by Gasteiger charge is 2.40. The van der Waals surface area contributed by atoms with Crippen molar-refractivity contribution in [3.63, 3.8) is 0 Å². The van der Waals surface area contributed by atoms with Gasteiger partial charge in [0.1, 0.15) is 5.69 Å². The van der Waals surface area contributed by atoms with Crippen LogP contribution in [0.3, 0.4) is 0 Å². The third-order valence-electron chi connectivity index (χ3n) is 5.20. The lowest BCUT2D eigenvalue weighted by Gasteiger charge is -2.36. The van der Waals surface area contributed by atoms with Gasteiger partial charge in [-0.1, -0.05) is 6.07 Å². The number of rotatable bonds is 3. The Morgan fingerprint density at radius 3 is 2.52 bits per heavy atom. The van der Waals surface area contributed by atoms with Crippen LogP contribution < -0.4 is 0 Å². The van der Waals surface area contributed by atoms with E-state index in [0.29, 0.717) is 36.7 Å². The Hall–Kier alpha value is -2.39. The Bertz CT molecular complexity index is 933. The molecule has 0 unspecified atom stereocenters. The molecule has 5 heterocycles. The second kappa shape index (κ2) is 6.97. The molecule has 3 fully saturated rings. The molecule has 5 rings (SSSR count). The molecule has 2 bridgehead atoms. The van der Waals surface area contributed by atoms with E-state index < -0.39 is 10.0 Å². The molecular weight excluding hydrogens is 366 g/mol. The van der Waals surface area contributed by atoms with Gasteiger partial charge in [0.2, 0.25) is 10.0 Å². The quantitative estimate of drug-likeness (QED) is 0.781. The first kappa shape index (κ1) is 18.0. The van der Waals surface area contributed by atoms with Crippen LogP contribution in [-0.4, -0.2) is 70.4 Å². The van der Waals surface area contributed by atoms with Crippen LogP contribution in [0.2, 0.25) is 0 Å². The van der Waals surface area contributed by atoms with E-state index in [9.17, 15) is 13.2 Å². The van der Waals surface area contributed by atoms with Gasteiger partial charge in [0.15, 0.2) is 5.82 Å². The third kappa shape index (κ3) is 3.70. The van der Waals surface area contributed by atoms with Crippen molar-refractivity contribution in [2.45, 2.75) is 18.9 Å². The molecule has 0 N–H and O–H groups in total. The molecule has 2 aromatic heterocycles. The fourth-order valence-corrected chi connectivity index (χ4v) is 4.71. The first-order chi connectivity index (χ1) is 12.9. The van der Waals surface area contributed by atoms with Crippen molar-refractivity contribution in [2.75, 3.05) is 25.9 Å². The molecule has 142 valence electrons. The van der Waals surface area contributed by atoms with Crippen molar-refractivity contribution in [1.29, 1.82) is 0 Å². The number of hydrogen-bond donors (Lipinski definition) is 0. The van der Waals surface area contributed by atoms with Crippen LogP contribution in [0.1, 0.15) is 23.2 Å². The van der Waals surface area contributed by atoms with Gasteiger partial charge in [0, 0.05) is 44.3 Å². The van der Waals surface area contributed by atoms with Gasteiger partial charge in [-0.2, -0.15) is 4.31 Å². The van der Waals surface area contributed by atoms with Crippen molar-refractivity contribution in [3.05, 3.63) is 42.4 Å². The summed E-state index contributed by atoms with van der Waals surface area (Å²) in [6.45, 7) is 1.40.